The summed E-state index contributed by atoms with van der Waals surface area (Å²) in [6.45, 7) is 7.40. The van der Waals surface area contributed by atoms with Crippen molar-refractivity contribution in [1.29, 1.82) is 5.26 Å². The van der Waals surface area contributed by atoms with Crippen LogP contribution in [0.3, 0.4) is 0 Å². The molecule has 0 saturated carbocycles. The lowest BCUT2D eigenvalue weighted by Crippen LogP contribution is -2.45. The van der Waals surface area contributed by atoms with Crippen LogP contribution in [0, 0.1) is 24.1 Å². The van der Waals surface area contributed by atoms with E-state index in [9.17, 15) is 10.1 Å². The molecule has 1 amide bonds. The molecule has 2 aliphatic heterocycles. The van der Waals surface area contributed by atoms with E-state index in [1.165, 1.54) is 6.08 Å². The number of halogens is 2. The molecule has 12 heteroatoms. The second kappa shape index (κ2) is 12.0. The average molecular weight is 641 g/mol. The SMILES string of the molecule is C=CC(=O)N1CCC(n2cnc3c(OCC4CCCN4C)nc4c(F)c(-c5c(C)ccc6[nH]ncc56)c(Cl)cc4c32)CC1CC#N. The number of pyridine rings is 1. The van der Waals surface area contributed by atoms with Crippen LogP contribution in [0.15, 0.2) is 43.4 Å². The Balaban J connectivity index is 1.41. The molecule has 2 aromatic carbocycles. The molecule has 46 heavy (non-hydrogen) atoms. The van der Waals surface area contributed by atoms with Crippen LogP contribution in [0.5, 0.6) is 5.88 Å². The van der Waals surface area contributed by atoms with Crippen molar-refractivity contribution < 1.29 is 13.9 Å². The van der Waals surface area contributed by atoms with Crippen molar-refractivity contribution in [2.45, 2.75) is 57.2 Å². The molecule has 7 rings (SSSR count). The zero-order chi connectivity index (χ0) is 32.1. The molecule has 1 N–H and O–H groups in total. The van der Waals surface area contributed by atoms with Crippen molar-refractivity contribution in [1.82, 2.24) is 34.5 Å². The van der Waals surface area contributed by atoms with Crippen molar-refractivity contribution in [3.05, 3.63) is 59.8 Å². The van der Waals surface area contributed by atoms with Gasteiger partial charge < -0.3 is 19.1 Å². The van der Waals surface area contributed by atoms with Crippen LogP contribution in [0.25, 0.3) is 44.0 Å². The van der Waals surface area contributed by atoms with Gasteiger partial charge in [-0.2, -0.15) is 10.4 Å². The second-order valence-electron chi connectivity index (χ2n) is 12.3. The number of likely N-dealkylation sites (N-methyl/N-ethyl adjacent to an activating group) is 1. The van der Waals surface area contributed by atoms with Gasteiger partial charge in [-0.3, -0.25) is 9.89 Å². The lowest BCUT2D eigenvalue weighted by Gasteiger charge is -2.38. The van der Waals surface area contributed by atoms with Crippen LogP contribution in [0.4, 0.5) is 4.39 Å². The molecule has 2 fully saturated rings. The topological polar surface area (TPSA) is 116 Å². The van der Waals surface area contributed by atoms with E-state index in [2.05, 4.69) is 34.8 Å². The number of aromatic nitrogens is 5. The van der Waals surface area contributed by atoms with Crippen LogP contribution in [-0.2, 0) is 4.79 Å². The van der Waals surface area contributed by atoms with Crippen molar-refractivity contribution in [3.63, 3.8) is 0 Å². The zero-order valence-electron chi connectivity index (χ0n) is 25.8. The summed E-state index contributed by atoms with van der Waals surface area (Å²) in [6.07, 6.45) is 8.13. The summed E-state index contributed by atoms with van der Waals surface area (Å²) in [4.78, 5) is 26.1. The Bertz CT molecular complexity index is 2050. The Labute approximate surface area is 270 Å². The summed E-state index contributed by atoms with van der Waals surface area (Å²) in [5.41, 5.74) is 3.85. The zero-order valence-corrected chi connectivity index (χ0v) is 26.5. The molecule has 5 aromatic rings. The van der Waals surface area contributed by atoms with Crippen LogP contribution in [-0.4, -0.2) is 79.3 Å². The first-order valence-corrected chi connectivity index (χ1v) is 15.9. The van der Waals surface area contributed by atoms with Gasteiger partial charge in [0.1, 0.15) is 12.1 Å². The molecule has 3 unspecified atom stereocenters. The summed E-state index contributed by atoms with van der Waals surface area (Å²) in [6, 6.07) is 7.63. The molecule has 3 atom stereocenters. The third-order valence-corrected chi connectivity index (χ3v) is 9.99. The maximum absolute atomic E-state index is 17.0. The number of piperidine rings is 1. The molecular weight excluding hydrogens is 607 g/mol. The number of carbonyl (C=O) groups excluding carboxylic acids is 1. The van der Waals surface area contributed by atoms with Gasteiger partial charge in [0.25, 0.3) is 0 Å². The molecular formula is C34H34ClFN8O2. The lowest BCUT2D eigenvalue weighted by molar-refractivity contribution is -0.130. The number of aromatic amines is 1. The van der Waals surface area contributed by atoms with Gasteiger partial charge in [-0.1, -0.05) is 24.2 Å². The van der Waals surface area contributed by atoms with E-state index in [0.717, 1.165) is 35.9 Å². The molecule has 0 bridgehead atoms. The standard InChI is InChI=1S/C34H34ClFN8O2/c1-4-27(45)43-13-10-21(14-20(43)9-11-37)44-18-38-32-33(44)23-15-25(35)29(28-19(2)7-8-26-24(28)16-39-41-26)30(36)31(23)40-34(32)46-17-22-6-5-12-42(22)3/h4,7-8,15-16,18,20-22H,1,5-6,9-10,12-14,17H2,2-3H3,(H,39,41). The first-order chi connectivity index (χ1) is 22.3. The number of nitrogens with one attached hydrogen (secondary N) is 1. The maximum atomic E-state index is 17.0. The highest BCUT2D eigenvalue weighted by molar-refractivity contribution is 6.35. The minimum absolute atomic E-state index is 0.111. The van der Waals surface area contributed by atoms with E-state index < -0.39 is 5.82 Å². The van der Waals surface area contributed by atoms with Gasteiger partial charge in [0.15, 0.2) is 11.3 Å². The van der Waals surface area contributed by atoms with E-state index in [4.69, 9.17) is 26.3 Å². The van der Waals surface area contributed by atoms with Gasteiger partial charge in [-0.05, 0) is 70.0 Å². The van der Waals surface area contributed by atoms with Gasteiger partial charge in [0.05, 0.1) is 41.1 Å². The van der Waals surface area contributed by atoms with E-state index in [1.54, 1.807) is 23.5 Å². The highest BCUT2D eigenvalue weighted by Crippen LogP contribution is 2.44. The second-order valence-corrected chi connectivity index (χ2v) is 12.7. The number of carbonyl (C=O) groups is 1. The number of hydrogen-bond donors (Lipinski definition) is 1. The van der Waals surface area contributed by atoms with Crippen molar-refractivity contribution >= 4 is 50.3 Å². The number of ether oxygens (including phenoxy) is 1. The molecule has 5 heterocycles. The number of hydrogen-bond acceptors (Lipinski definition) is 7. The highest BCUT2D eigenvalue weighted by atomic mass is 35.5. The number of imidazole rings is 1. The number of benzene rings is 2. The Morgan fingerprint density at radius 3 is 2.85 bits per heavy atom. The van der Waals surface area contributed by atoms with Crippen LogP contribution >= 0.6 is 11.6 Å². The Morgan fingerprint density at radius 1 is 1.24 bits per heavy atom. The van der Waals surface area contributed by atoms with Gasteiger partial charge in [0, 0.05) is 46.6 Å². The average Bonchev–Trinajstić information content (AvgIpc) is 3.81. The summed E-state index contributed by atoms with van der Waals surface area (Å²) < 4.78 is 25.4. The van der Waals surface area contributed by atoms with Gasteiger partial charge in [-0.25, -0.2) is 14.4 Å². The fourth-order valence-corrected chi connectivity index (χ4v) is 7.54. The van der Waals surface area contributed by atoms with Crippen molar-refractivity contribution in [2.75, 3.05) is 26.7 Å². The number of nitrogens with zero attached hydrogens (tertiary/aromatic N) is 7. The van der Waals surface area contributed by atoms with Crippen molar-refractivity contribution in [3.8, 4) is 23.1 Å². The van der Waals surface area contributed by atoms with Crippen LogP contribution < -0.4 is 4.74 Å². The highest BCUT2D eigenvalue weighted by Gasteiger charge is 2.33. The third kappa shape index (κ3) is 4.96. The molecule has 236 valence electrons. The Kier molecular flexibility index (Phi) is 7.87. The molecule has 0 radical (unpaired) electrons. The predicted molar refractivity (Wildman–Crippen MR) is 175 cm³/mol. The monoisotopic (exact) mass is 640 g/mol. The first kappa shape index (κ1) is 30.1. The number of amides is 1. The molecule has 2 saturated heterocycles. The maximum Gasteiger partial charge on any atom is 0.246 e. The fourth-order valence-electron chi connectivity index (χ4n) is 7.26. The quantitative estimate of drug-likeness (QED) is 0.207. The van der Waals surface area contributed by atoms with Gasteiger partial charge >= 0.3 is 0 Å². The summed E-state index contributed by atoms with van der Waals surface area (Å²) in [7, 11) is 2.08. The number of fused-ring (bicyclic) bond motifs is 4. The fraction of sp³-hybridized carbons (Fsp3) is 0.382. The Hall–Kier alpha value is -4.53. The number of aryl methyl sites for hydroxylation is 1. The van der Waals surface area contributed by atoms with Gasteiger partial charge in [0.2, 0.25) is 11.8 Å². The van der Waals surface area contributed by atoms with Crippen molar-refractivity contribution in [2.24, 2.45) is 0 Å². The number of likely N-dealkylation sites (tertiary alicyclic amines) is 2. The normalized spacial score (nSPS) is 20.5. The largest absolute Gasteiger partial charge is 0.474 e. The first-order valence-electron chi connectivity index (χ1n) is 15.5. The minimum Gasteiger partial charge on any atom is -0.474 e. The Morgan fingerprint density at radius 2 is 2.09 bits per heavy atom. The molecule has 10 nitrogen and oxygen atoms in total. The summed E-state index contributed by atoms with van der Waals surface area (Å²) in [5.74, 6) is -0.480. The van der Waals surface area contributed by atoms with Crippen LogP contribution in [0.1, 0.15) is 43.7 Å². The van der Waals surface area contributed by atoms with Gasteiger partial charge in [-0.15, -0.1) is 0 Å². The minimum atomic E-state index is -0.550. The molecule has 2 aliphatic rings. The molecule has 0 aliphatic carbocycles. The predicted octanol–water partition coefficient (Wildman–Crippen LogP) is 6.33. The molecule has 3 aromatic heterocycles. The summed E-state index contributed by atoms with van der Waals surface area (Å²) in [5, 5.41) is 18.2. The number of rotatable bonds is 7. The van der Waals surface area contributed by atoms with E-state index in [1.807, 2.05) is 23.6 Å². The smallest absolute Gasteiger partial charge is 0.246 e. The molecule has 0 spiro atoms. The summed E-state index contributed by atoms with van der Waals surface area (Å²) >= 11 is 6.97. The lowest BCUT2D eigenvalue weighted by atomic mass is 9.94. The number of H-pyrrole nitrogens is 1. The van der Waals surface area contributed by atoms with E-state index in [-0.39, 0.29) is 52.4 Å². The van der Waals surface area contributed by atoms with E-state index >= 15 is 4.39 Å². The third-order valence-electron chi connectivity index (χ3n) is 9.69. The van der Waals surface area contributed by atoms with Crippen LogP contribution in [0.2, 0.25) is 5.02 Å². The van der Waals surface area contributed by atoms with E-state index in [0.29, 0.717) is 48.0 Å². The number of nitriles is 1.